The number of aromatic nitrogens is 3. The average molecular weight is 400 g/mol. The summed E-state index contributed by atoms with van der Waals surface area (Å²) in [6.45, 7) is 6.03. The normalized spacial score (nSPS) is 11.1. The molecule has 0 aliphatic carbocycles. The van der Waals surface area contributed by atoms with Gasteiger partial charge in [-0.15, -0.1) is 10.2 Å². The number of benzene rings is 3. The van der Waals surface area contributed by atoms with Gasteiger partial charge in [0.25, 0.3) is 5.91 Å². The van der Waals surface area contributed by atoms with Crippen molar-refractivity contribution < 1.29 is 9.53 Å². The first-order valence-electron chi connectivity index (χ1n) is 10.1. The molecule has 0 saturated heterocycles. The Labute approximate surface area is 175 Å². The molecule has 0 atom stereocenters. The van der Waals surface area contributed by atoms with E-state index in [-0.39, 0.29) is 12.0 Å². The number of nitrogens with one attached hydrogen (secondary N) is 1. The monoisotopic (exact) mass is 400 g/mol. The number of anilines is 1. The van der Waals surface area contributed by atoms with Gasteiger partial charge in [-0.25, -0.2) is 0 Å². The molecule has 0 saturated carbocycles. The summed E-state index contributed by atoms with van der Waals surface area (Å²) in [5.41, 5.74) is 4.84. The minimum Gasteiger partial charge on any atom is -0.491 e. The van der Waals surface area contributed by atoms with Gasteiger partial charge in [0.15, 0.2) is 0 Å². The summed E-state index contributed by atoms with van der Waals surface area (Å²) < 4.78 is 5.67. The van der Waals surface area contributed by atoms with Crippen LogP contribution in [0.1, 0.15) is 36.7 Å². The van der Waals surface area contributed by atoms with E-state index < -0.39 is 0 Å². The topological polar surface area (TPSA) is 69.0 Å². The zero-order valence-corrected chi connectivity index (χ0v) is 17.3. The zero-order valence-electron chi connectivity index (χ0n) is 17.3. The van der Waals surface area contributed by atoms with Crippen molar-refractivity contribution in [2.75, 3.05) is 5.32 Å². The first-order valence-corrected chi connectivity index (χ1v) is 10.1. The Morgan fingerprint density at radius 3 is 2.50 bits per heavy atom. The third kappa shape index (κ3) is 4.33. The Morgan fingerprint density at radius 1 is 1.00 bits per heavy atom. The van der Waals surface area contributed by atoms with Crippen LogP contribution in [0.3, 0.4) is 0 Å². The molecule has 0 fully saturated rings. The molecule has 0 spiro atoms. The number of hydrogen-bond acceptors (Lipinski definition) is 4. The van der Waals surface area contributed by atoms with Crippen LogP contribution in [0.25, 0.3) is 16.7 Å². The lowest BCUT2D eigenvalue weighted by Crippen LogP contribution is -2.12. The number of amides is 1. The van der Waals surface area contributed by atoms with Gasteiger partial charge in [-0.2, -0.15) is 4.80 Å². The fourth-order valence-electron chi connectivity index (χ4n) is 3.16. The van der Waals surface area contributed by atoms with Crippen molar-refractivity contribution in [2.45, 2.75) is 33.3 Å². The molecule has 1 aromatic heterocycles. The van der Waals surface area contributed by atoms with Gasteiger partial charge >= 0.3 is 0 Å². The predicted octanol–water partition coefficient (Wildman–Crippen LogP) is 5.02. The second-order valence-electron chi connectivity index (χ2n) is 7.36. The molecule has 6 heteroatoms. The molecule has 1 amide bonds. The maximum Gasteiger partial charge on any atom is 0.255 e. The molecule has 1 N–H and O–H groups in total. The van der Waals surface area contributed by atoms with Gasteiger partial charge in [0.05, 0.1) is 11.8 Å². The summed E-state index contributed by atoms with van der Waals surface area (Å²) in [5, 5.41) is 12.0. The van der Waals surface area contributed by atoms with Gasteiger partial charge < -0.3 is 10.1 Å². The summed E-state index contributed by atoms with van der Waals surface area (Å²) in [5.74, 6) is 0.469. The van der Waals surface area contributed by atoms with Crippen molar-refractivity contribution in [3.63, 3.8) is 0 Å². The van der Waals surface area contributed by atoms with Gasteiger partial charge in [0.2, 0.25) is 0 Å². The molecule has 0 radical (unpaired) electrons. The lowest BCUT2D eigenvalue weighted by Gasteiger charge is -2.11. The standard InChI is InChI=1S/C24H24N4O2/c1-4-17-8-11-20(12-9-17)28-26-22-13-10-19(15-23(22)27-28)25-24(29)18-6-5-7-21(14-18)30-16(2)3/h5-16H,4H2,1-3H3,(H,25,29). The first-order chi connectivity index (χ1) is 14.5. The van der Waals surface area contributed by atoms with Gasteiger partial charge in [0, 0.05) is 11.3 Å². The number of carbonyl (C=O) groups excluding carboxylic acids is 1. The van der Waals surface area contributed by atoms with Gasteiger partial charge in [0.1, 0.15) is 16.8 Å². The maximum absolute atomic E-state index is 12.7. The molecule has 152 valence electrons. The molecule has 0 aliphatic rings. The van der Waals surface area contributed by atoms with E-state index in [4.69, 9.17) is 4.74 Å². The van der Waals surface area contributed by atoms with E-state index in [1.54, 1.807) is 16.9 Å². The molecule has 4 aromatic rings. The lowest BCUT2D eigenvalue weighted by atomic mass is 10.2. The molecule has 6 nitrogen and oxygen atoms in total. The van der Waals surface area contributed by atoms with Gasteiger partial charge in [-0.1, -0.05) is 25.1 Å². The summed E-state index contributed by atoms with van der Waals surface area (Å²) >= 11 is 0. The van der Waals surface area contributed by atoms with Crippen molar-refractivity contribution in [3.8, 4) is 11.4 Å². The Bertz CT molecular complexity index is 1180. The van der Waals surface area contributed by atoms with Crippen LogP contribution in [-0.2, 0) is 6.42 Å². The second kappa shape index (κ2) is 8.37. The molecular formula is C24H24N4O2. The fraction of sp³-hybridized carbons (Fsp3) is 0.208. The maximum atomic E-state index is 12.7. The smallest absolute Gasteiger partial charge is 0.255 e. The molecule has 30 heavy (non-hydrogen) atoms. The van der Waals surface area contributed by atoms with E-state index in [9.17, 15) is 4.79 Å². The van der Waals surface area contributed by atoms with Crippen molar-refractivity contribution in [2.24, 2.45) is 0 Å². The Kier molecular flexibility index (Phi) is 5.48. The quantitative estimate of drug-likeness (QED) is 0.493. The Hall–Kier alpha value is -3.67. The highest BCUT2D eigenvalue weighted by Crippen LogP contribution is 2.20. The van der Waals surface area contributed by atoms with Crippen LogP contribution >= 0.6 is 0 Å². The van der Waals surface area contributed by atoms with Crippen LogP contribution in [0.5, 0.6) is 5.75 Å². The molecule has 0 aliphatic heterocycles. The molecule has 0 unspecified atom stereocenters. The number of hydrogen-bond donors (Lipinski definition) is 1. The number of ether oxygens (including phenoxy) is 1. The SMILES string of the molecule is CCc1ccc(-n2nc3ccc(NC(=O)c4cccc(OC(C)C)c4)cc3n2)cc1. The molecule has 0 bridgehead atoms. The van der Waals surface area contributed by atoms with E-state index in [0.717, 1.165) is 17.6 Å². The van der Waals surface area contributed by atoms with E-state index >= 15 is 0 Å². The summed E-state index contributed by atoms with van der Waals surface area (Å²) in [6.07, 6.45) is 1.04. The number of fused-ring (bicyclic) bond motifs is 1. The van der Waals surface area contributed by atoms with E-state index in [0.29, 0.717) is 22.5 Å². The highest BCUT2D eigenvalue weighted by atomic mass is 16.5. The molecule has 3 aromatic carbocycles. The van der Waals surface area contributed by atoms with Crippen molar-refractivity contribution in [1.82, 2.24) is 15.0 Å². The van der Waals surface area contributed by atoms with Crippen molar-refractivity contribution >= 4 is 22.6 Å². The lowest BCUT2D eigenvalue weighted by molar-refractivity contribution is 0.102. The van der Waals surface area contributed by atoms with Crippen LogP contribution in [0, 0.1) is 0 Å². The van der Waals surface area contributed by atoms with Crippen LogP contribution in [-0.4, -0.2) is 27.0 Å². The van der Waals surface area contributed by atoms with Crippen LogP contribution < -0.4 is 10.1 Å². The third-order valence-electron chi connectivity index (χ3n) is 4.68. The van der Waals surface area contributed by atoms with Gasteiger partial charge in [-0.3, -0.25) is 4.79 Å². The number of nitrogens with zero attached hydrogens (tertiary/aromatic N) is 3. The predicted molar refractivity (Wildman–Crippen MR) is 118 cm³/mol. The third-order valence-corrected chi connectivity index (χ3v) is 4.68. The van der Waals surface area contributed by atoms with Gasteiger partial charge in [-0.05, 0) is 74.4 Å². The first kappa shape index (κ1) is 19.6. The molecule has 1 heterocycles. The minimum atomic E-state index is -0.203. The van der Waals surface area contributed by atoms with Crippen LogP contribution in [0.4, 0.5) is 5.69 Å². The average Bonchev–Trinajstić information content (AvgIpc) is 3.17. The minimum absolute atomic E-state index is 0.0477. The largest absolute Gasteiger partial charge is 0.491 e. The second-order valence-corrected chi connectivity index (χ2v) is 7.36. The highest BCUT2D eigenvalue weighted by molar-refractivity contribution is 6.05. The van der Waals surface area contributed by atoms with Crippen molar-refractivity contribution in [1.29, 1.82) is 0 Å². The number of rotatable bonds is 6. The Balaban J connectivity index is 1.54. The van der Waals surface area contributed by atoms with E-state index in [2.05, 4.69) is 34.6 Å². The zero-order chi connectivity index (χ0) is 21.1. The fourth-order valence-corrected chi connectivity index (χ4v) is 3.16. The van der Waals surface area contributed by atoms with E-state index in [1.165, 1.54) is 5.56 Å². The summed E-state index contributed by atoms with van der Waals surface area (Å²) in [7, 11) is 0. The Morgan fingerprint density at radius 2 is 1.77 bits per heavy atom. The number of carbonyl (C=O) groups is 1. The van der Waals surface area contributed by atoms with Crippen LogP contribution in [0.15, 0.2) is 66.7 Å². The summed E-state index contributed by atoms with van der Waals surface area (Å²) in [4.78, 5) is 14.3. The highest BCUT2D eigenvalue weighted by Gasteiger charge is 2.10. The van der Waals surface area contributed by atoms with Crippen LogP contribution in [0.2, 0.25) is 0 Å². The van der Waals surface area contributed by atoms with E-state index in [1.807, 2.05) is 56.3 Å². The molecule has 4 rings (SSSR count). The summed E-state index contributed by atoms with van der Waals surface area (Å²) in [6, 6.07) is 20.8. The molecular weight excluding hydrogens is 376 g/mol. The number of aryl methyl sites for hydroxylation is 1. The van der Waals surface area contributed by atoms with Crippen molar-refractivity contribution in [3.05, 3.63) is 77.9 Å².